The average Bonchev–Trinajstić information content (AvgIpc) is 3.24. The summed E-state index contributed by atoms with van der Waals surface area (Å²) in [5, 5.41) is 0.647. The molecular weight excluding hydrogens is 428 g/mol. The fourth-order valence-electron chi connectivity index (χ4n) is 3.96. The Morgan fingerprint density at radius 1 is 0.774 bits per heavy atom. The summed E-state index contributed by atoms with van der Waals surface area (Å²) >= 11 is 6.08. The summed E-state index contributed by atoms with van der Waals surface area (Å²) in [5.74, 6) is 0. The van der Waals surface area contributed by atoms with E-state index >= 15 is 0 Å². The van der Waals surface area contributed by atoms with Gasteiger partial charge >= 0.3 is 0 Å². The van der Waals surface area contributed by atoms with Crippen LogP contribution in [0.15, 0.2) is 96.2 Å². The van der Waals surface area contributed by atoms with E-state index in [0.717, 1.165) is 33.5 Å². The first-order valence-electron chi connectivity index (χ1n) is 9.94. The fraction of sp³-hybridized carbons (Fsp3) is 0.0800. The van der Waals surface area contributed by atoms with E-state index < -0.39 is 10.0 Å². The first kappa shape index (κ1) is 19.8. The maximum absolute atomic E-state index is 13.4. The lowest BCUT2D eigenvalue weighted by atomic mass is 10.0. The van der Waals surface area contributed by atoms with Crippen LogP contribution in [0.5, 0.6) is 0 Å². The third-order valence-electron chi connectivity index (χ3n) is 5.55. The lowest BCUT2D eigenvalue weighted by Crippen LogP contribution is -2.29. The Labute approximate surface area is 186 Å². The average molecular weight is 447 g/mol. The summed E-state index contributed by atoms with van der Waals surface area (Å²) in [7, 11) is -3.64. The van der Waals surface area contributed by atoms with Crippen LogP contribution in [0.3, 0.4) is 0 Å². The first-order valence-corrected chi connectivity index (χ1v) is 11.8. The normalized spacial score (nSPS) is 13.3. The van der Waals surface area contributed by atoms with Gasteiger partial charge in [-0.15, -0.1) is 0 Å². The van der Waals surface area contributed by atoms with Crippen molar-refractivity contribution in [2.45, 2.75) is 11.3 Å². The second-order valence-electron chi connectivity index (χ2n) is 7.44. The summed E-state index contributed by atoms with van der Waals surface area (Å²) in [5.41, 5.74) is 5.78. The Morgan fingerprint density at radius 3 is 2.19 bits per heavy atom. The Morgan fingerprint density at radius 2 is 1.45 bits per heavy atom. The van der Waals surface area contributed by atoms with Crippen molar-refractivity contribution in [1.82, 2.24) is 4.98 Å². The minimum atomic E-state index is -3.64. The summed E-state index contributed by atoms with van der Waals surface area (Å²) in [6, 6.07) is 24.3. The molecule has 1 aliphatic rings. The quantitative estimate of drug-likeness (QED) is 0.397. The maximum Gasteiger partial charge on any atom is 0.264 e. The van der Waals surface area contributed by atoms with Gasteiger partial charge in [0.25, 0.3) is 10.0 Å². The molecule has 4 nitrogen and oxygen atoms in total. The predicted octanol–water partition coefficient (Wildman–Crippen LogP) is 5.82. The number of rotatable bonds is 4. The zero-order valence-corrected chi connectivity index (χ0v) is 18.1. The molecule has 1 aliphatic heterocycles. The molecular formula is C25H19ClN2O2S. The van der Waals surface area contributed by atoms with Gasteiger partial charge in [-0.25, -0.2) is 8.42 Å². The molecule has 0 amide bonds. The van der Waals surface area contributed by atoms with Crippen molar-refractivity contribution in [3.63, 3.8) is 0 Å². The third-order valence-corrected chi connectivity index (χ3v) is 7.61. The number of benzene rings is 3. The number of pyridine rings is 1. The van der Waals surface area contributed by atoms with Crippen LogP contribution in [0, 0.1) is 0 Å². The molecule has 0 atom stereocenters. The molecule has 3 aromatic carbocycles. The largest absolute Gasteiger partial charge is 0.266 e. The summed E-state index contributed by atoms with van der Waals surface area (Å²) < 4.78 is 28.2. The Kier molecular flexibility index (Phi) is 5.00. The second-order valence-corrected chi connectivity index (χ2v) is 9.74. The number of hydrogen-bond donors (Lipinski definition) is 0. The highest BCUT2D eigenvalue weighted by Crippen LogP contribution is 2.36. The van der Waals surface area contributed by atoms with E-state index in [2.05, 4.69) is 11.1 Å². The molecule has 0 bridgehead atoms. The van der Waals surface area contributed by atoms with E-state index in [0.29, 0.717) is 18.0 Å². The van der Waals surface area contributed by atoms with Gasteiger partial charge in [0.05, 0.1) is 10.6 Å². The van der Waals surface area contributed by atoms with Crippen LogP contribution in [0.2, 0.25) is 5.02 Å². The highest BCUT2D eigenvalue weighted by Gasteiger charge is 2.31. The Balaban J connectivity index is 1.45. The zero-order valence-electron chi connectivity index (χ0n) is 16.6. The van der Waals surface area contributed by atoms with Crippen molar-refractivity contribution in [2.75, 3.05) is 10.8 Å². The van der Waals surface area contributed by atoms with E-state index in [1.165, 1.54) is 4.31 Å². The third kappa shape index (κ3) is 3.71. The summed E-state index contributed by atoms with van der Waals surface area (Å²) in [4.78, 5) is 4.34. The number of anilines is 1. The van der Waals surface area contributed by atoms with Gasteiger partial charge in [0.2, 0.25) is 0 Å². The van der Waals surface area contributed by atoms with Crippen molar-refractivity contribution in [2.24, 2.45) is 0 Å². The van der Waals surface area contributed by atoms with Crippen LogP contribution >= 0.6 is 11.6 Å². The molecule has 4 aromatic rings. The van der Waals surface area contributed by atoms with Crippen molar-refractivity contribution >= 4 is 27.3 Å². The van der Waals surface area contributed by atoms with Crippen LogP contribution in [-0.4, -0.2) is 19.9 Å². The highest BCUT2D eigenvalue weighted by atomic mass is 35.5. The van der Waals surface area contributed by atoms with Crippen LogP contribution in [0.4, 0.5) is 5.69 Å². The molecule has 154 valence electrons. The topological polar surface area (TPSA) is 50.3 Å². The SMILES string of the molecule is O=S(=O)(c1ccc(-c2cccc(Cl)c2)cc1)N1CCc2cc(-c3ccncc3)ccc21. The van der Waals surface area contributed by atoms with Gasteiger partial charge in [-0.05, 0) is 82.8 Å². The lowest BCUT2D eigenvalue weighted by molar-refractivity contribution is 0.592. The number of fused-ring (bicyclic) bond motifs is 1. The van der Waals surface area contributed by atoms with Crippen molar-refractivity contribution < 1.29 is 8.42 Å². The first-order chi connectivity index (χ1) is 15.0. The number of aromatic nitrogens is 1. The summed E-state index contributed by atoms with van der Waals surface area (Å²) in [6.07, 6.45) is 4.20. The maximum atomic E-state index is 13.4. The molecule has 5 rings (SSSR count). The van der Waals surface area contributed by atoms with Gasteiger partial charge in [0.1, 0.15) is 0 Å². The molecule has 0 N–H and O–H groups in total. The van der Waals surface area contributed by atoms with E-state index in [-0.39, 0.29) is 4.90 Å². The fourth-order valence-corrected chi connectivity index (χ4v) is 5.65. The standard InChI is InChI=1S/C25H19ClN2O2S/c26-23-3-1-2-20(17-23)18-4-7-24(8-5-18)31(29,30)28-15-12-22-16-21(6-9-25(22)28)19-10-13-27-14-11-19/h1-11,13-14,16-17H,12,15H2. The molecule has 1 aromatic heterocycles. The molecule has 0 spiro atoms. The minimum absolute atomic E-state index is 0.282. The van der Waals surface area contributed by atoms with Crippen molar-refractivity contribution in [3.8, 4) is 22.3 Å². The second kappa shape index (κ2) is 7.84. The molecule has 0 aliphatic carbocycles. The summed E-state index contributed by atoms with van der Waals surface area (Å²) in [6.45, 7) is 0.438. The van der Waals surface area contributed by atoms with Gasteiger partial charge in [-0.3, -0.25) is 9.29 Å². The Bertz CT molecular complexity index is 1350. The molecule has 0 fully saturated rings. The predicted molar refractivity (Wildman–Crippen MR) is 125 cm³/mol. The monoisotopic (exact) mass is 446 g/mol. The van der Waals surface area contributed by atoms with Crippen LogP contribution < -0.4 is 4.31 Å². The number of nitrogens with zero attached hydrogens (tertiary/aromatic N) is 2. The van der Waals surface area contributed by atoms with Gasteiger partial charge < -0.3 is 0 Å². The molecule has 0 radical (unpaired) electrons. The molecule has 31 heavy (non-hydrogen) atoms. The van der Waals surface area contributed by atoms with Gasteiger partial charge in [0, 0.05) is 24.0 Å². The molecule has 0 saturated heterocycles. The minimum Gasteiger partial charge on any atom is -0.266 e. The van der Waals surface area contributed by atoms with Gasteiger partial charge in [-0.1, -0.05) is 41.9 Å². The molecule has 2 heterocycles. The van der Waals surface area contributed by atoms with Crippen molar-refractivity contribution in [3.05, 3.63) is 102 Å². The smallest absolute Gasteiger partial charge is 0.264 e. The van der Waals surface area contributed by atoms with Crippen molar-refractivity contribution in [1.29, 1.82) is 0 Å². The number of hydrogen-bond acceptors (Lipinski definition) is 3. The number of halogens is 1. The highest BCUT2D eigenvalue weighted by molar-refractivity contribution is 7.92. The van der Waals surface area contributed by atoms with E-state index in [1.54, 1.807) is 24.5 Å². The van der Waals surface area contributed by atoms with E-state index in [1.807, 2.05) is 60.7 Å². The zero-order chi connectivity index (χ0) is 21.4. The van der Waals surface area contributed by atoms with E-state index in [9.17, 15) is 8.42 Å². The number of sulfonamides is 1. The lowest BCUT2D eigenvalue weighted by Gasteiger charge is -2.20. The van der Waals surface area contributed by atoms with Crippen LogP contribution in [0.25, 0.3) is 22.3 Å². The van der Waals surface area contributed by atoms with Crippen LogP contribution in [-0.2, 0) is 16.4 Å². The van der Waals surface area contributed by atoms with Gasteiger partial charge in [-0.2, -0.15) is 0 Å². The molecule has 0 saturated carbocycles. The van der Waals surface area contributed by atoms with Crippen LogP contribution in [0.1, 0.15) is 5.56 Å². The van der Waals surface area contributed by atoms with Gasteiger partial charge in [0.15, 0.2) is 0 Å². The van der Waals surface area contributed by atoms with E-state index in [4.69, 9.17) is 11.6 Å². The Hall–Kier alpha value is -3.15. The molecule has 0 unspecified atom stereocenters. The molecule has 6 heteroatoms.